The monoisotopic (exact) mass is 314 g/mol. The number of hydrogen-bond donors (Lipinski definition) is 1. The maximum atomic E-state index is 11.7. The van der Waals surface area contributed by atoms with Gasteiger partial charge in [-0.2, -0.15) is 0 Å². The first kappa shape index (κ1) is 15.5. The van der Waals surface area contributed by atoms with Crippen LogP contribution in [0, 0.1) is 34.5 Å². The Bertz CT molecular complexity index is 589. The second-order valence-corrected chi connectivity index (χ2v) is 9.17. The van der Waals surface area contributed by atoms with Crippen LogP contribution in [-0.4, -0.2) is 11.1 Å². The highest BCUT2D eigenvalue weighted by Gasteiger charge is 2.60. The van der Waals surface area contributed by atoms with Crippen molar-refractivity contribution in [3.63, 3.8) is 0 Å². The van der Waals surface area contributed by atoms with Crippen molar-refractivity contribution in [3.8, 4) is 0 Å². The molecule has 3 unspecified atom stereocenters. The molecule has 0 saturated heterocycles. The van der Waals surface area contributed by atoms with Gasteiger partial charge in [0.2, 0.25) is 0 Å². The molecule has 4 rings (SSSR count). The van der Waals surface area contributed by atoms with E-state index in [0.717, 1.165) is 37.5 Å². The van der Waals surface area contributed by atoms with Gasteiger partial charge in [-0.1, -0.05) is 37.6 Å². The van der Waals surface area contributed by atoms with Crippen molar-refractivity contribution in [2.45, 2.75) is 65.2 Å². The number of fused-ring (bicyclic) bond motifs is 5. The summed E-state index contributed by atoms with van der Waals surface area (Å²) in [6.45, 7) is 8.97. The first-order valence-electron chi connectivity index (χ1n) is 9.48. The van der Waals surface area contributed by atoms with E-state index in [1.165, 1.54) is 31.3 Å². The highest BCUT2D eigenvalue weighted by Crippen LogP contribution is 2.66. The number of rotatable bonds is 1. The van der Waals surface area contributed by atoms with E-state index in [9.17, 15) is 9.90 Å². The van der Waals surface area contributed by atoms with Crippen LogP contribution in [0.25, 0.3) is 0 Å². The lowest BCUT2D eigenvalue weighted by atomic mass is 9.47. The van der Waals surface area contributed by atoms with E-state index in [4.69, 9.17) is 0 Å². The van der Waals surface area contributed by atoms with Gasteiger partial charge in [0, 0.05) is 0 Å². The van der Waals surface area contributed by atoms with Crippen LogP contribution < -0.4 is 0 Å². The molecule has 0 aliphatic heterocycles. The summed E-state index contributed by atoms with van der Waals surface area (Å²) in [7, 11) is 0. The lowest BCUT2D eigenvalue weighted by Crippen LogP contribution is -2.50. The molecule has 4 aliphatic carbocycles. The van der Waals surface area contributed by atoms with E-state index in [1.54, 1.807) is 5.57 Å². The summed E-state index contributed by atoms with van der Waals surface area (Å²) in [5.41, 5.74) is 3.35. The van der Waals surface area contributed by atoms with Gasteiger partial charge in [0.05, 0.1) is 5.92 Å². The molecule has 2 nitrogen and oxygen atoms in total. The second kappa shape index (κ2) is 4.97. The lowest BCUT2D eigenvalue weighted by Gasteiger charge is -2.58. The zero-order valence-electron chi connectivity index (χ0n) is 14.6. The average molecular weight is 314 g/mol. The van der Waals surface area contributed by atoms with Crippen LogP contribution in [0.5, 0.6) is 0 Å². The summed E-state index contributed by atoms with van der Waals surface area (Å²) in [5, 5.41) is 9.66. The van der Waals surface area contributed by atoms with Gasteiger partial charge in [0.15, 0.2) is 0 Å². The molecular weight excluding hydrogens is 284 g/mol. The minimum Gasteiger partial charge on any atom is -0.481 e. The Morgan fingerprint density at radius 3 is 2.65 bits per heavy atom. The third kappa shape index (κ3) is 2.03. The van der Waals surface area contributed by atoms with Crippen molar-refractivity contribution < 1.29 is 9.90 Å². The highest BCUT2D eigenvalue weighted by atomic mass is 16.4. The van der Waals surface area contributed by atoms with Crippen LogP contribution in [0.4, 0.5) is 0 Å². The van der Waals surface area contributed by atoms with Crippen molar-refractivity contribution in [2.24, 2.45) is 34.5 Å². The zero-order chi connectivity index (χ0) is 16.4. The van der Waals surface area contributed by atoms with Crippen molar-refractivity contribution >= 4 is 5.97 Å². The van der Waals surface area contributed by atoms with Crippen LogP contribution in [0.2, 0.25) is 0 Å². The molecule has 126 valence electrons. The van der Waals surface area contributed by atoms with Crippen LogP contribution in [-0.2, 0) is 4.79 Å². The molecule has 0 bridgehead atoms. The molecule has 4 aliphatic rings. The van der Waals surface area contributed by atoms with Gasteiger partial charge in [-0.3, -0.25) is 4.79 Å². The summed E-state index contributed by atoms with van der Waals surface area (Å²) in [4.78, 5) is 11.7. The molecule has 0 heterocycles. The quantitative estimate of drug-likeness (QED) is 0.721. The predicted octanol–water partition coefficient (Wildman–Crippen LogP) is 5.21. The molecule has 0 aromatic carbocycles. The largest absolute Gasteiger partial charge is 0.481 e. The number of carboxylic acid groups (broad SMARTS) is 1. The maximum Gasteiger partial charge on any atom is 0.307 e. The third-order valence-electron chi connectivity index (χ3n) is 8.38. The first-order valence-corrected chi connectivity index (χ1v) is 9.48. The molecule has 2 heteroatoms. The smallest absolute Gasteiger partial charge is 0.307 e. The normalized spacial score (nSPS) is 49.0. The van der Waals surface area contributed by atoms with Crippen molar-refractivity contribution in [1.29, 1.82) is 0 Å². The van der Waals surface area contributed by atoms with Crippen molar-refractivity contribution in [2.75, 3.05) is 0 Å². The van der Waals surface area contributed by atoms with Crippen LogP contribution in [0.1, 0.15) is 65.2 Å². The Hall–Kier alpha value is -1.05. The fourth-order valence-corrected chi connectivity index (χ4v) is 7.05. The Morgan fingerprint density at radius 2 is 1.91 bits per heavy atom. The van der Waals surface area contributed by atoms with Crippen LogP contribution >= 0.6 is 0 Å². The summed E-state index contributed by atoms with van der Waals surface area (Å²) in [5.74, 6) is 1.48. The fraction of sp³-hybridized carbons (Fsp3) is 0.762. The molecule has 3 fully saturated rings. The number of hydrogen-bond acceptors (Lipinski definition) is 1. The van der Waals surface area contributed by atoms with Gasteiger partial charge in [0.25, 0.3) is 0 Å². The number of allylic oxidation sites excluding steroid dienone is 3. The molecule has 0 aromatic heterocycles. The SMILES string of the molecule is C=C1C=C2CCC3C(CC[C@@]4(C)C3CC[C@@H]4C(=O)O)[C@@]2(C)CC1. The number of carboxylic acids is 1. The van der Waals surface area contributed by atoms with Crippen molar-refractivity contribution in [3.05, 3.63) is 23.8 Å². The predicted molar refractivity (Wildman–Crippen MR) is 92.0 cm³/mol. The Labute approximate surface area is 140 Å². The Balaban J connectivity index is 1.67. The average Bonchev–Trinajstić information content (AvgIpc) is 2.85. The van der Waals surface area contributed by atoms with Crippen LogP contribution in [0.3, 0.4) is 0 Å². The minimum absolute atomic E-state index is 0.0445. The molecule has 0 radical (unpaired) electrons. The summed E-state index contributed by atoms with van der Waals surface area (Å²) < 4.78 is 0. The molecule has 0 spiro atoms. The number of aliphatic carboxylic acids is 1. The second-order valence-electron chi connectivity index (χ2n) is 9.17. The van der Waals surface area contributed by atoms with Gasteiger partial charge in [-0.05, 0) is 80.0 Å². The summed E-state index contributed by atoms with van der Waals surface area (Å²) in [6, 6.07) is 0. The first-order chi connectivity index (χ1) is 10.9. The van der Waals surface area contributed by atoms with E-state index >= 15 is 0 Å². The number of carbonyl (C=O) groups is 1. The fourth-order valence-electron chi connectivity index (χ4n) is 7.05. The molecule has 3 saturated carbocycles. The summed E-state index contributed by atoms with van der Waals surface area (Å²) in [6.07, 6.45) is 11.6. The highest BCUT2D eigenvalue weighted by molar-refractivity contribution is 5.71. The van der Waals surface area contributed by atoms with E-state index < -0.39 is 5.97 Å². The van der Waals surface area contributed by atoms with Gasteiger partial charge < -0.3 is 5.11 Å². The van der Waals surface area contributed by atoms with Gasteiger partial charge in [-0.15, -0.1) is 0 Å². The van der Waals surface area contributed by atoms with Gasteiger partial charge in [-0.25, -0.2) is 0 Å². The molecular formula is C21H30O2. The topological polar surface area (TPSA) is 37.3 Å². The van der Waals surface area contributed by atoms with Crippen molar-refractivity contribution in [1.82, 2.24) is 0 Å². The molecule has 1 N–H and O–H groups in total. The molecule has 0 aromatic rings. The standard InChI is InChI=1S/C21H30O2/c1-13-8-10-20(2)14(12-13)4-5-15-16-6-7-18(19(22)23)21(16,3)11-9-17(15)20/h12,15-18H,1,4-11H2,2-3H3,(H,22,23)/t15?,16?,17?,18-,20+,21+/m1/s1. The maximum absolute atomic E-state index is 11.7. The Morgan fingerprint density at radius 1 is 1.13 bits per heavy atom. The minimum atomic E-state index is -0.551. The zero-order valence-corrected chi connectivity index (χ0v) is 14.6. The summed E-state index contributed by atoms with van der Waals surface area (Å²) >= 11 is 0. The molecule has 23 heavy (non-hydrogen) atoms. The van der Waals surface area contributed by atoms with E-state index in [1.807, 2.05) is 0 Å². The van der Waals surface area contributed by atoms with Gasteiger partial charge in [0.1, 0.15) is 0 Å². The van der Waals surface area contributed by atoms with E-state index in [-0.39, 0.29) is 11.3 Å². The van der Waals surface area contributed by atoms with Gasteiger partial charge >= 0.3 is 5.97 Å². The molecule has 6 atom stereocenters. The lowest BCUT2D eigenvalue weighted by molar-refractivity contribution is -0.149. The molecule has 0 amide bonds. The third-order valence-corrected chi connectivity index (χ3v) is 8.38. The van der Waals surface area contributed by atoms with E-state index in [2.05, 4.69) is 26.5 Å². The Kier molecular flexibility index (Phi) is 3.35. The van der Waals surface area contributed by atoms with Crippen LogP contribution in [0.15, 0.2) is 23.8 Å². The van der Waals surface area contributed by atoms with E-state index in [0.29, 0.717) is 11.3 Å².